The van der Waals surface area contributed by atoms with Gasteiger partial charge in [0.1, 0.15) is 35.4 Å². The van der Waals surface area contributed by atoms with Crippen LogP contribution in [-0.2, 0) is 14.3 Å². The summed E-state index contributed by atoms with van der Waals surface area (Å²) in [6.07, 6.45) is -7.90. The van der Waals surface area contributed by atoms with E-state index in [2.05, 4.69) is 41.1 Å². The van der Waals surface area contributed by atoms with Crippen LogP contribution in [0.25, 0.3) is 0 Å². The molecule has 0 aromatic heterocycles. The van der Waals surface area contributed by atoms with Gasteiger partial charge in [-0.2, -0.15) is 0 Å². The highest BCUT2D eigenvalue weighted by atomic mass is 35.5. The molecule has 0 aliphatic carbocycles. The van der Waals surface area contributed by atoms with Gasteiger partial charge in [-0.15, -0.1) is 11.6 Å². The summed E-state index contributed by atoms with van der Waals surface area (Å²) < 4.78 is 9.33. The first-order valence-electron chi connectivity index (χ1n) is 13.0. The maximum Gasteiger partial charge on any atom is 0.184 e. The van der Waals surface area contributed by atoms with Gasteiger partial charge in [-0.3, -0.25) is 0 Å². The molecule has 2 fully saturated rings. The summed E-state index contributed by atoms with van der Waals surface area (Å²) in [6.45, 7) is 1.41. The molecule has 2 aliphatic heterocycles. The molecule has 10 heteroatoms. The van der Waals surface area contributed by atoms with Crippen molar-refractivity contribution in [2.45, 2.75) is 67.4 Å². The lowest BCUT2D eigenvalue weighted by molar-refractivity contribution is -0.132. The van der Waals surface area contributed by atoms with Gasteiger partial charge in [0.05, 0.1) is 12.7 Å². The highest BCUT2D eigenvalue weighted by molar-refractivity contribution is 6.28. The zero-order valence-electron chi connectivity index (χ0n) is 22.0. The lowest BCUT2D eigenvalue weighted by Gasteiger charge is -2.29. The third-order valence-electron chi connectivity index (χ3n) is 6.77. The van der Waals surface area contributed by atoms with Gasteiger partial charge in [0.25, 0.3) is 0 Å². The van der Waals surface area contributed by atoms with Crippen molar-refractivity contribution in [3.05, 3.63) is 108 Å². The molecule has 2 unspecified atom stereocenters. The maximum absolute atomic E-state index is 9.09. The Balaban J connectivity index is 0.000000185. The summed E-state index contributed by atoms with van der Waals surface area (Å²) in [5.41, 5.74) is 3.25. The first-order chi connectivity index (χ1) is 19.1. The van der Waals surface area contributed by atoms with Gasteiger partial charge in [-0.05, 0) is 23.1 Å². The largest absolute Gasteiger partial charge is 0.394 e. The molecule has 2 aliphatic rings. The molecule has 0 spiro atoms. The van der Waals surface area contributed by atoms with Crippen LogP contribution in [-0.4, -0.2) is 91.6 Å². The van der Waals surface area contributed by atoms with Crippen molar-refractivity contribution in [3.8, 4) is 0 Å². The van der Waals surface area contributed by atoms with Crippen molar-refractivity contribution >= 4 is 11.6 Å². The standard InChI is InChI=1S/C19H15Cl.C6H12O4.C5H10O5/c20-19(16-10-4-1-5-11-16,17-12-6-2-7-13-17)18-14-8-3-9-15-18;1-2-3-4(7)5(8)6(9)10-3;6-1-2-3(7)4(8)5(9)10-2/h1-15H;3-9H,2H2,1H3;2-9H,1H2/t;3-,4-,5-,6?;2-,3-,4-,5?/m.11/s1. The second-order valence-electron chi connectivity index (χ2n) is 9.44. The predicted molar refractivity (Wildman–Crippen MR) is 148 cm³/mol. The molecule has 9 nitrogen and oxygen atoms in total. The van der Waals surface area contributed by atoms with Gasteiger partial charge in [0.15, 0.2) is 12.6 Å². The van der Waals surface area contributed by atoms with Crippen LogP contribution in [0.15, 0.2) is 91.0 Å². The number of hydrogen-bond acceptors (Lipinski definition) is 9. The Hall–Kier alpha value is -2.41. The van der Waals surface area contributed by atoms with Crippen LogP contribution in [0.4, 0.5) is 0 Å². The van der Waals surface area contributed by atoms with Crippen LogP contribution in [0.3, 0.4) is 0 Å². The average molecular weight is 577 g/mol. The monoisotopic (exact) mass is 576 g/mol. The molecular weight excluding hydrogens is 540 g/mol. The van der Waals surface area contributed by atoms with Crippen LogP contribution < -0.4 is 0 Å². The van der Waals surface area contributed by atoms with Crippen LogP contribution >= 0.6 is 11.6 Å². The minimum absolute atomic E-state index is 0.407. The SMILES string of the molecule is CC[C@H]1OC(O)[C@H](O)[C@@H]1O.ClC(c1ccccc1)(c1ccccc1)c1ccccc1.OC[C@H]1OC(O)[C@H](O)[C@@H]1O. The Bertz CT molecular complexity index is 997. The van der Waals surface area contributed by atoms with Crippen molar-refractivity contribution in [1.29, 1.82) is 0 Å². The molecule has 8 atom stereocenters. The summed E-state index contributed by atoms with van der Waals surface area (Å²) in [5.74, 6) is 0. The lowest BCUT2D eigenvalue weighted by atomic mass is 9.84. The molecule has 0 radical (unpaired) electrons. The zero-order valence-corrected chi connectivity index (χ0v) is 22.8. The second-order valence-corrected chi connectivity index (χ2v) is 10.0. The van der Waals surface area contributed by atoms with Crippen molar-refractivity contribution in [3.63, 3.8) is 0 Å². The first kappa shape index (κ1) is 32.1. The molecular formula is C30H37ClO9. The number of aliphatic hydroxyl groups excluding tert-OH is 7. The Kier molecular flexibility index (Phi) is 12.0. The number of rotatable bonds is 5. The van der Waals surface area contributed by atoms with Gasteiger partial charge in [-0.1, -0.05) is 97.9 Å². The third-order valence-corrected chi connectivity index (χ3v) is 7.43. The Morgan fingerprint density at radius 2 is 0.900 bits per heavy atom. The Labute approximate surface area is 238 Å². The molecule has 0 amide bonds. The van der Waals surface area contributed by atoms with Crippen molar-refractivity contribution < 1.29 is 45.2 Å². The van der Waals surface area contributed by atoms with E-state index in [1.807, 2.05) is 61.5 Å². The molecule has 5 rings (SSSR count). The normalized spacial score (nSPS) is 29.6. The van der Waals surface area contributed by atoms with E-state index in [1.54, 1.807) is 0 Å². The first-order valence-corrected chi connectivity index (χ1v) is 13.4. The summed E-state index contributed by atoms with van der Waals surface area (Å²) in [4.78, 5) is -0.649. The van der Waals surface area contributed by atoms with Crippen LogP contribution in [0.2, 0.25) is 0 Å². The third kappa shape index (κ3) is 7.45. The molecule has 3 aromatic rings. The molecule has 7 N–H and O–H groups in total. The number of aliphatic hydroxyl groups is 7. The van der Waals surface area contributed by atoms with Crippen LogP contribution in [0, 0.1) is 0 Å². The minimum atomic E-state index is -1.38. The number of ether oxygens (including phenoxy) is 2. The summed E-state index contributed by atoms with van der Waals surface area (Å²) in [6, 6.07) is 30.6. The highest BCUT2D eigenvalue weighted by Crippen LogP contribution is 2.42. The number of benzene rings is 3. The van der Waals surface area contributed by atoms with E-state index < -0.39 is 60.7 Å². The van der Waals surface area contributed by atoms with E-state index >= 15 is 0 Å². The lowest BCUT2D eigenvalue weighted by Crippen LogP contribution is -2.33. The molecule has 2 heterocycles. The van der Waals surface area contributed by atoms with Crippen molar-refractivity contribution in [2.75, 3.05) is 6.61 Å². The van der Waals surface area contributed by atoms with Crippen LogP contribution in [0.1, 0.15) is 30.0 Å². The van der Waals surface area contributed by atoms with Gasteiger partial charge >= 0.3 is 0 Å². The van der Waals surface area contributed by atoms with Crippen molar-refractivity contribution in [1.82, 2.24) is 0 Å². The smallest absolute Gasteiger partial charge is 0.184 e. The van der Waals surface area contributed by atoms with Gasteiger partial charge in [0, 0.05) is 0 Å². The fourth-order valence-electron chi connectivity index (χ4n) is 4.45. The minimum Gasteiger partial charge on any atom is -0.394 e. The molecule has 218 valence electrons. The molecule has 3 aromatic carbocycles. The maximum atomic E-state index is 9.09. The van der Waals surface area contributed by atoms with Gasteiger partial charge in [0.2, 0.25) is 0 Å². The fraction of sp³-hybridized carbons (Fsp3) is 0.400. The quantitative estimate of drug-likeness (QED) is 0.176. The zero-order chi connectivity index (χ0) is 29.3. The summed E-state index contributed by atoms with van der Waals surface area (Å²) >= 11 is 7.12. The van der Waals surface area contributed by atoms with Crippen LogP contribution in [0.5, 0.6) is 0 Å². The molecule has 2 saturated heterocycles. The second kappa shape index (κ2) is 15.0. The summed E-state index contributed by atoms with van der Waals surface area (Å²) in [5, 5.41) is 61.8. The fourth-order valence-corrected chi connectivity index (χ4v) is 4.83. The predicted octanol–water partition coefficient (Wildman–Crippen LogP) is 1.47. The van der Waals surface area contributed by atoms with Gasteiger partial charge in [-0.25, -0.2) is 0 Å². The Morgan fingerprint density at radius 3 is 1.10 bits per heavy atom. The van der Waals surface area contributed by atoms with Crippen molar-refractivity contribution in [2.24, 2.45) is 0 Å². The molecule has 40 heavy (non-hydrogen) atoms. The van der Waals surface area contributed by atoms with Gasteiger partial charge < -0.3 is 45.2 Å². The van der Waals surface area contributed by atoms with E-state index in [4.69, 9.17) is 52.1 Å². The molecule has 0 saturated carbocycles. The number of halogens is 1. The average Bonchev–Trinajstić information content (AvgIpc) is 3.41. The van der Waals surface area contributed by atoms with E-state index in [9.17, 15) is 0 Å². The molecule has 0 bridgehead atoms. The topological polar surface area (TPSA) is 160 Å². The van der Waals surface area contributed by atoms with E-state index in [1.165, 1.54) is 0 Å². The van der Waals surface area contributed by atoms with E-state index in [-0.39, 0.29) is 0 Å². The number of alkyl halides is 1. The summed E-state index contributed by atoms with van der Waals surface area (Å²) in [7, 11) is 0. The number of hydrogen-bond donors (Lipinski definition) is 7. The van der Waals surface area contributed by atoms with E-state index in [0.29, 0.717) is 6.42 Å². The highest BCUT2D eigenvalue weighted by Gasteiger charge is 2.41. The Morgan fingerprint density at radius 1 is 0.575 bits per heavy atom. The van der Waals surface area contributed by atoms with E-state index in [0.717, 1.165) is 16.7 Å².